The minimum atomic E-state index is -0.543. The predicted molar refractivity (Wildman–Crippen MR) is 92.0 cm³/mol. The van der Waals surface area contributed by atoms with Crippen LogP contribution in [0.5, 0.6) is 0 Å². The van der Waals surface area contributed by atoms with E-state index in [1.807, 2.05) is 54.6 Å². The summed E-state index contributed by atoms with van der Waals surface area (Å²) in [7, 11) is 0. The highest BCUT2D eigenvalue weighted by atomic mass is 79.9. The minimum absolute atomic E-state index is 0.216. The molecule has 0 atom stereocenters. The van der Waals surface area contributed by atoms with Gasteiger partial charge in [0.25, 0.3) is 0 Å². The number of benzene rings is 2. The number of carbonyl (C=O) groups excluding carboxylic acids is 1. The van der Waals surface area contributed by atoms with E-state index in [0.29, 0.717) is 5.82 Å². The Bertz CT molecular complexity index is 802. The highest BCUT2D eigenvalue weighted by Gasteiger charge is 2.10. The van der Waals surface area contributed by atoms with Crippen molar-refractivity contribution in [3.05, 3.63) is 70.7 Å². The Morgan fingerprint density at radius 2 is 1.87 bits per heavy atom. The molecule has 0 radical (unpaired) electrons. The maximum atomic E-state index is 11.8. The zero-order valence-electron chi connectivity index (χ0n) is 12.1. The quantitative estimate of drug-likeness (QED) is 0.704. The molecule has 0 saturated carbocycles. The van der Waals surface area contributed by atoms with E-state index in [1.54, 1.807) is 6.07 Å². The predicted octanol–water partition coefficient (Wildman–Crippen LogP) is 4.59. The van der Waals surface area contributed by atoms with Crippen LogP contribution in [0.2, 0.25) is 0 Å². The molecule has 0 aliphatic heterocycles. The summed E-state index contributed by atoms with van der Waals surface area (Å²) in [6.45, 7) is 0.216. The molecular weight excluding hydrogens is 358 g/mol. The van der Waals surface area contributed by atoms with Gasteiger partial charge >= 0.3 is 6.09 Å². The van der Waals surface area contributed by atoms with Gasteiger partial charge < -0.3 is 4.74 Å². The normalized spacial score (nSPS) is 10.3. The van der Waals surface area contributed by atoms with E-state index in [2.05, 4.69) is 31.4 Å². The van der Waals surface area contributed by atoms with Crippen molar-refractivity contribution < 1.29 is 9.53 Å². The van der Waals surface area contributed by atoms with Crippen LogP contribution in [0.25, 0.3) is 11.3 Å². The molecule has 1 aromatic heterocycles. The fraction of sp³-hybridized carbons (Fsp3) is 0.0588. The van der Waals surface area contributed by atoms with Crippen molar-refractivity contribution in [2.45, 2.75) is 6.61 Å². The molecule has 2 aromatic carbocycles. The molecule has 1 amide bonds. The first-order valence-electron chi connectivity index (χ1n) is 7.00. The van der Waals surface area contributed by atoms with E-state index in [9.17, 15) is 4.79 Å². The van der Waals surface area contributed by atoms with Gasteiger partial charge in [0.15, 0.2) is 5.82 Å². The fourth-order valence-electron chi connectivity index (χ4n) is 2.07. The number of rotatable bonds is 4. The molecule has 23 heavy (non-hydrogen) atoms. The Kier molecular flexibility index (Phi) is 4.73. The molecule has 0 bridgehead atoms. The molecule has 2 N–H and O–H groups in total. The van der Waals surface area contributed by atoms with Crippen molar-refractivity contribution in [1.82, 2.24) is 10.2 Å². The standard InChI is InChI=1S/C17H14BrN3O2/c18-14-9-5-4-8-13(14)15-10-16(21-20-15)19-17(22)23-11-12-6-2-1-3-7-12/h1-10H,11H2,(H2,19,20,21,22). The molecule has 3 aromatic rings. The van der Waals surface area contributed by atoms with Gasteiger partial charge in [-0.05, 0) is 11.6 Å². The van der Waals surface area contributed by atoms with Crippen LogP contribution in [0.3, 0.4) is 0 Å². The lowest BCUT2D eigenvalue weighted by Gasteiger charge is -2.04. The van der Waals surface area contributed by atoms with Crippen LogP contribution < -0.4 is 5.32 Å². The van der Waals surface area contributed by atoms with E-state index in [1.165, 1.54) is 0 Å². The number of aromatic amines is 1. The first-order chi connectivity index (χ1) is 11.2. The Balaban J connectivity index is 1.61. The monoisotopic (exact) mass is 371 g/mol. The van der Waals surface area contributed by atoms with Crippen LogP contribution in [0.15, 0.2) is 65.1 Å². The lowest BCUT2D eigenvalue weighted by molar-refractivity contribution is 0.155. The number of amides is 1. The summed E-state index contributed by atoms with van der Waals surface area (Å²) in [5.74, 6) is 0.411. The number of carbonyl (C=O) groups is 1. The molecule has 0 aliphatic rings. The lowest BCUT2D eigenvalue weighted by Crippen LogP contribution is -2.13. The van der Waals surface area contributed by atoms with Gasteiger partial charge in [-0.3, -0.25) is 10.4 Å². The number of aromatic nitrogens is 2. The van der Waals surface area contributed by atoms with E-state index in [4.69, 9.17) is 4.74 Å². The average Bonchev–Trinajstić information content (AvgIpc) is 3.02. The number of hydrogen-bond donors (Lipinski definition) is 2. The lowest BCUT2D eigenvalue weighted by atomic mass is 10.1. The summed E-state index contributed by atoms with van der Waals surface area (Å²) in [6.07, 6.45) is -0.543. The van der Waals surface area contributed by atoms with Crippen LogP contribution in [0.1, 0.15) is 5.56 Å². The van der Waals surface area contributed by atoms with Gasteiger partial charge in [-0.15, -0.1) is 0 Å². The van der Waals surface area contributed by atoms with Crippen LogP contribution in [0.4, 0.5) is 10.6 Å². The van der Waals surface area contributed by atoms with E-state index >= 15 is 0 Å². The number of nitrogens with one attached hydrogen (secondary N) is 2. The summed E-state index contributed by atoms with van der Waals surface area (Å²) in [6, 6.07) is 19.0. The zero-order valence-corrected chi connectivity index (χ0v) is 13.7. The third kappa shape index (κ3) is 3.98. The van der Waals surface area contributed by atoms with Crippen LogP contribution in [-0.4, -0.2) is 16.3 Å². The first kappa shape index (κ1) is 15.3. The van der Waals surface area contributed by atoms with E-state index < -0.39 is 6.09 Å². The fourth-order valence-corrected chi connectivity index (χ4v) is 2.57. The molecule has 0 fully saturated rings. The molecule has 0 saturated heterocycles. The van der Waals surface area contributed by atoms with Gasteiger partial charge in [-0.25, -0.2) is 4.79 Å². The maximum Gasteiger partial charge on any atom is 0.413 e. The molecule has 0 aliphatic carbocycles. The summed E-state index contributed by atoms with van der Waals surface area (Å²) < 4.78 is 6.10. The molecular formula is C17H14BrN3O2. The van der Waals surface area contributed by atoms with Gasteiger partial charge in [0.05, 0.1) is 5.69 Å². The van der Waals surface area contributed by atoms with E-state index in [0.717, 1.165) is 21.3 Å². The van der Waals surface area contributed by atoms with Gasteiger partial charge in [0.2, 0.25) is 0 Å². The smallest absolute Gasteiger partial charge is 0.413 e. The minimum Gasteiger partial charge on any atom is -0.444 e. The summed E-state index contributed by atoms with van der Waals surface area (Å²) in [4.78, 5) is 11.8. The number of H-pyrrole nitrogens is 1. The van der Waals surface area contributed by atoms with Crippen molar-refractivity contribution in [3.8, 4) is 11.3 Å². The van der Waals surface area contributed by atoms with E-state index in [-0.39, 0.29) is 6.61 Å². The number of halogens is 1. The van der Waals surface area contributed by atoms with Crippen LogP contribution >= 0.6 is 15.9 Å². The Labute approximate surface area is 141 Å². The second-order valence-electron chi connectivity index (χ2n) is 4.83. The van der Waals surface area contributed by atoms with Crippen molar-refractivity contribution in [2.75, 3.05) is 5.32 Å². The Morgan fingerprint density at radius 1 is 1.13 bits per heavy atom. The first-order valence-corrected chi connectivity index (χ1v) is 7.80. The van der Waals surface area contributed by atoms with Crippen LogP contribution in [-0.2, 0) is 11.3 Å². The molecule has 0 spiro atoms. The Hall–Kier alpha value is -2.60. The second-order valence-corrected chi connectivity index (χ2v) is 5.69. The number of nitrogens with zero attached hydrogens (tertiary/aromatic N) is 1. The second kappa shape index (κ2) is 7.11. The molecule has 1 heterocycles. The van der Waals surface area contributed by atoms with Crippen molar-refractivity contribution >= 4 is 27.8 Å². The number of ether oxygens (including phenoxy) is 1. The van der Waals surface area contributed by atoms with Crippen molar-refractivity contribution in [2.24, 2.45) is 0 Å². The highest BCUT2D eigenvalue weighted by Crippen LogP contribution is 2.27. The largest absolute Gasteiger partial charge is 0.444 e. The zero-order chi connectivity index (χ0) is 16.1. The number of hydrogen-bond acceptors (Lipinski definition) is 3. The van der Waals surface area contributed by atoms with Crippen molar-refractivity contribution in [1.29, 1.82) is 0 Å². The molecule has 116 valence electrons. The molecule has 3 rings (SSSR count). The molecule has 5 nitrogen and oxygen atoms in total. The number of anilines is 1. The third-order valence-electron chi connectivity index (χ3n) is 3.18. The van der Waals surface area contributed by atoms with Gasteiger partial charge in [-0.2, -0.15) is 5.10 Å². The highest BCUT2D eigenvalue weighted by molar-refractivity contribution is 9.10. The maximum absolute atomic E-state index is 11.8. The van der Waals surface area contributed by atoms with Gasteiger partial charge in [0.1, 0.15) is 6.61 Å². The van der Waals surface area contributed by atoms with Crippen LogP contribution in [0, 0.1) is 0 Å². The SMILES string of the molecule is O=C(Nc1cc(-c2ccccc2Br)[nH]n1)OCc1ccccc1. The van der Waals surface area contributed by atoms with Gasteiger partial charge in [-0.1, -0.05) is 64.5 Å². The molecule has 0 unspecified atom stereocenters. The average molecular weight is 372 g/mol. The summed E-state index contributed by atoms with van der Waals surface area (Å²) >= 11 is 3.48. The molecule has 6 heteroatoms. The van der Waals surface area contributed by atoms with Crippen molar-refractivity contribution in [3.63, 3.8) is 0 Å². The topological polar surface area (TPSA) is 67.0 Å². The summed E-state index contributed by atoms with van der Waals surface area (Å²) in [5, 5.41) is 9.57. The summed E-state index contributed by atoms with van der Waals surface area (Å²) in [5.41, 5.74) is 2.69. The Morgan fingerprint density at radius 3 is 2.65 bits per heavy atom. The third-order valence-corrected chi connectivity index (χ3v) is 3.88. The van der Waals surface area contributed by atoms with Gasteiger partial charge in [0, 0.05) is 16.1 Å².